The lowest BCUT2D eigenvalue weighted by Crippen LogP contribution is -2.62. The second-order valence-corrected chi connectivity index (χ2v) is 7.12. The van der Waals surface area contributed by atoms with E-state index in [9.17, 15) is 32.3 Å². The number of fused-ring (bicyclic) bond motifs is 1. The Balaban J connectivity index is 2.00. The van der Waals surface area contributed by atoms with Gasteiger partial charge in [0.05, 0.1) is 5.69 Å². The Morgan fingerprint density at radius 2 is 1.79 bits per heavy atom. The van der Waals surface area contributed by atoms with Gasteiger partial charge in [-0.15, -0.1) is 0 Å². The van der Waals surface area contributed by atoms with Gasteiger partial charge in [-0.2, -0.15) is 13.2 Å². The predicted molar refractivity (Wildman–Crippen MR) is 94.6 cm³/mol. The Bertz CT molecular complexity index is 1150. The molecule has 152 valence electrons. The molecule has 2 heterocycles. The van der Waals surface area contributed by atoms with Crippen molar-refractivity contribution >= 4 is 17.6 Å². The van der Waals surface area contributed by atoms with E-state index in [1.165, 1.54) is 12.1 Å². The van der Waals surface area contributed by atoms with E-state index in [1.807, 2.05) is 10.3 Å². The molecular weight excluding hydrogens is 393 g/mol. The molecule has 1 fully saturated rings. The van der Waals surface area contributed by atoms with Crippen LogP contribution in [0.5, 0.6) is 0 Å². The minimum absolute atomic E-state index is 0.139. The van der Waals surface area contributed by atoms with Gasteiger partial charge in [0.1, 0.15) is 11.4 Å². The number of H-pyrrole nitrogens is 1. The lowest BCUT2D eigenvalue weighted by molar-refractivity contribution is -0.201. The quantitative estimate of drug-likeness (QED) is 0.705. The van der Waals surface area contributed by atoms with Gasteiger partial charge in [0.2, 0.25) is 11.4 Å². The van der Waals surface area contributed by atoms with E-state index in [1.54, 1.807) is 24.4 Å². The molecular formula is C18H15F3N4O4. The van der Waals surface area contributed by atoms with E-state index >= 15 is 0 Å². The van der Waals surface area contributed by atoms with Crippen molar-refractivity contribution in [3.8, 4) is 5.69 Å². The molecule has 1 atom stereocenters. The third-order valence-corrected chi connectivity index (χ3v) is 5.03. The van der Waals surface area contributed by atoms with E-state index in [0.29, 0.717) is 12.8 Å². The summed E-state index contributed by atoms with van der Waals surface area (Å²) in [5.74, 6) is -3.89. The standard InChI is InChI=1S/C18H15F3N4O4/c1-8-2-6-10(7-3-8)25-12-11(14(27)23-16(25)29)17(15(28)22-12,18(19,20)21)24-13(26)9-4-5-9/h2-3,6-7,9H,4-5H2,1H3,(H,22,28)(H,24,26)(H,23,27,29)/t17-/m0/s1. The van der Waals surface area contributed by atoms with Crippen molar-refractivity contribution < 1.29 is 22.8 Å². The molecule has 0 saturated heterocycles. The fourth-order valence-electron chi connectivity index (χ4n) is 3.35. The predicted octanol–water partition coefficient (Wildman–Crippen LogP) is 1.07. The minimum Gasteiger partial charge on any atom is -0.330 e. The van der Waals surface area contributed by atoms with Gasteiger partial charge in [-0.05, 0) is 31.9 Å². The summed E-state index contributed by atoms with van der Waals surface area (Å²) < 4.78 is 43.2. The fraction of sp³-hybridized carbons (Fsp3) is 0.333. The van der Waals surface area contributed by atoms with E-state index in [4.69, 9.17) is 0 Å². The summed E-state index contributed by atoms with van der Waals surface area (Å²) in [5.41, 5.74) is -6.11. The van der Waals surface area contributed by atoms with Crippen LogP contribution >= 0.6 is 0 Å². The lowest BCUT2D eigenvalue weighted by Gasteiger charge is -2.30. The number of amides is 2. The van der Waals surface area contributed by atoms with Gasteiger partial charge in [0, 0.05) is 5.92 Å². The SMILES string of the molecule is Cc1ccc(-n2c3c(c(=O)[nH]c2=O)[C@@](NC(=O)C2CC2)(C(F)(F)F)C(=O)N3)cc1. The Kier molecular flexibility index (Phi) is 3.97. The molecule has 0 spiro atoms. The average Bonchev–Trinajstić information content (AvgIpc) is 3.41. The zero-order valence-electron chi connectivity index (χ0n) is 15.0. The largest absolute Gasteiger partial charge is 0.425 e. The third-order valence-electron chi connectivity index (χ3n) is 5.03. The van der Waals surface area contributed by atoms with Crippen LogP contribution in [0.4, 0.5) is 19.0 Å². The van der Waals surface area contributed by atoms with E-state index < -0.39 is 52.1 Å². The normalized spacial score (nSPS) is 20.9. The number of hydrogen-bond donors (Lipinski definition) is 3. The summed E-state index contributed by atoms with van der Waals surface area (Å²) in [6, 6.07) is 6.14. The Morgan fingerprint density at radius 1 is 1.17 bits per heavy atom. The summed E-state index contributed by atoms with van der Waals surface area (Å²) in [6.45, 7) is 1.77. The van der Waals surface area contributed by atoms with Crippen molar-refractivity contribution in [1.29, 1.82) is 0 Å². The van der Waals surface area contributed by atoms with Gasteiger partial charge in [0.25, 0.3) is 11.5 Å². The molecule has 2 aliphatic rings. The Morgan fingerprint density at radius 3 is 2.34 bits per heavy atom. The number of alkyl halides is 3. The summed E-state index contributed by atoms with van der Waals surface area (Å²) in [6.07, 6.45) is -4.53. The van der Waals surface area contributed by atoms with E-state index in [0.717, 1.165) is 10.1 Å². The molecule has 29 heavy (non-hydrogen) atoms. The van der Waals surface area contributed by atoms with Crippen LogP contribution in [0.3, 0.4) is 0 Å². The number of nitrogens with one attached hydrogen (secondary N) is 3. The second-order valence-electron chi connectivity index (χ2n) is 7.12. The van der Waals surface area contributed by atoms with Crippen LogP contribution in [-0.4, -0.2) is 27.5 Å². The first-order chi connectivity index (χ1) is 13.6. The van der Waals surface area contributed by atoms with Crippen molar-refractivity contribution in [1.82, 2.24) is 14.9 Å². The Labute approximate surface area is 160 Å². The molecule has 3 N–H and O–H groups in total. The molecule has 1 saturated carbocycles. The highest BCUT2D eigenvalue weighted by atomic mass is 19.4. The van der Waals surface area contributed by atoms with Crippen molar-refractivity contribution in [3.63, 3.8) is 0 Å². The number of rotatable bonds is 3. The van der Waals surface area contributed by atoms with E-state index in [-0.39, 0.29) is 5.69 Å². The molecule has 1 aliphatic carbocycles. The summed E-state index contributed by atoms with van der Waals surface area (Å²) in [5, 5.41) is 3.73. The molecule has 8 nitrogen and oxygen atoms in total. The van der Waals surface area contributed by atoms with E-state index in [2.05, 4.69) is 0 Å². The number of nitrogens with zero attached hydrogens (tertiary/aromatic N) is 1. The highest BCUT2D eigenvalue weighted by molar-refractivity contribution is 6.08. The molecule has 2 amide bonds. The second kappa shape index (κ2) is 6.06. The number of aromatic amines is 1. The number of anilines is 1. The lowest BCUT2D eigenvalue weighted by atomic mass is 9.91. The number of carbonyl (C=O) groups excluding carboxylic acids is 2. The molecule has 1 aliphatic heterocycles. The monoisotopic (exact) mass is 408 g/mol. The van der Waals surface area contributed by atoms with Crippen LogP contribution in [-0.2, 0) is 15.1 Å². The highest BCUT2D eigenvalue weighted by Gasteiger charge is 2.69. The zero-order chi connectivity index (χ0) is 21.1. The number of halogens is 3. The maximum absolute atomic E-state index is 14.1. The number of hydrogen-bond acceptors (Lipinski definition) is 4. The van der Waals surface area contributed by atoms with Gasteiger partial charge < -0.3 is 10.6 Å². The third kappa shape index (κ3) is 2.76. The van der Waals surface area contributed by atoms with Gasteiger partial charge in [-0.25, -0.2) is 9.36 Å². The van der Waals surface area contributed by atoms with Crippen molar-refractivity contribution in [2.45, 2.75) is 31.5 Å². The zero-order valence-corrected chi connectivity index (χ0v) is 15.0. The first-order valence-corrected chi connectivity index (χ1v) is 8.73. The maximum atomic E-state index is 14.1. The van der Waals surface area contributed by atoms with Crippen LogP contribution in [0.15, 0.2) is 33.9 Å². The summed E-state index contributed by atoms with van der Waals surface area (Å²) >= 11 is 0. The van der Waals surface area contributed by atoms with Gasteiger partial charge in [-0.3, -0.25) is 19.4 Å². The molecule has 1 aromatic heterocycles. The molecule has 2 aromatic rings. The smallest absolute Gasteiger partial charge is 0.330 e. The number of carbonyl (C=O) groups is 2. The maximum Gasteiger partial charge on any atom is 0.425 e. The summed E-state index contributed by atoms with van der Waals surface area (Å²) in [4.78, 5) is 51.4. The van der Waals surface area contributed by atoms with Crippen LogP contribution in [0.1, 0.15) is 24.0 Å². The molecule has 11 heteroatoms. The molecule has 4 rings (SSSR count). The topological polar surface area (TPSA) is 113 Å². The van der Waals surface area contributed by atoms with Crippen molar-refractivity contribution in [2.24, 2.45) is 5.92 Å². The molecule has 1 aromatic carbocycles. The number of benzene rings is 1. The number of aromatic nitrogens is 2. The highest BCUT2D eigenvalue weighted by Crippen LogP contribution is 2.46. The number of aryl methyl sites for hydroxylation is 1. The van der Waals surface area contributed by atoms with Gasteiger partial charge in [-0.1, -0.05) is 17.7 Å². The fourth-order valence-corrected chi connectivity index (χ4v) is 3.35. The van der Waals surface area contributed by atoms with Gasteiger partial charge in [0.15, 0.2) is 0 Å². The molecule has 0 radical (unpaired) electrons. The molecule has 0 bridgehead atoms. The average molecular weight is 408 g/mol. The first-order valence-electron chi connectivity index (χ1n) is 8.73. The van der Waals surface area contributed by atoms with Gasteiger partial charge >= 0.3 is 11.9 Å². The first kappa shape index (κ1) is 19.0. The summed E-state index contributed by atoms with van der Waals surface area (Å²) in [7, 11) is 0. The Hall–Kier alpha value is -3.37. The minimum atomic E-state index is -5.32. The van der Waals surface area contributed by atoms with Crippen molar-refractivity contribution in [3.05, 3.63) is 56.2 Å². The van der Waals surface area contributed by atoms with Crippen LogP contribution in [0.2, 0.25) is 0 Å². The van der Waals surface area contributed by atoms with Crippen molar-refractivity contribution in [2.75, 3.05) is 5.32 Å². The van der Waals surface area contributed by atoms with Crippen LogP contribution in [0, 0.1) is 12.8 Å². The van der Waals surface area contributed by atoms with Crippen LogP contribution in [0.25, 0.3) is 5.69 Å². The van der Waals surface area contributed by atoms with Crippen LogP contribution < -0.4 is 21.9 Å². The molecule has 0 unspecified atom stereocenters.